The number of hydrogen-bond acceptors (Lipinski definition) is 4. The van der Waals surface area contributed by atoms with E-state index in [9.17, 15) is 4.79 Å². The zero-order valence-electron chi connectivity index (χ0n) is 11.0. The summed E-state index contributed by atoms with van der Waals surface area (Å²) >= 11 is 0. The summed E-state index contributed by atoms with van der Waals surface area (Å²) in [4.78, 5) is 13.8. The van der Waals surface area contributed by atoms with Gasteiger partial charge in [0.15, 0.2) is 0 Å². The molecule has 5 nitrogen and oxygen atoms in total. The molecule has 0 bridgehead atoms. The molecule has 1 fully saturated rings. The first-order chi connectivity index (χ1) is 8.81. The maximum Gasteiger partial charge on any atom is 0.264 e. The smallest absolute Gasteiger partial charge is 0.264 e. The Morgan fingerprint density at radius 1 is 1.37 bits per heavy atom. The van der Waals surface area contributed by atoms with Crippen LogP contribution in [0.4, 0.5) is 0 Å². The Morgan fingerprint density at radius 3 is 2.95 bits per heavy atom. The Hall–Kier alpha value is -0.910. The van der Waals surface area contributed by atoms with Crippen LogP contribution >= 0.6 is 12.4 Å². The predicted molar refractivity (Wildman–Crippen MR) is 76.7 cm³/mol. The summed E-state index contributed by atoms with van der Waals surface area (Å²) < 4.78 is 0. The lowest BCUT2D eigenvalue weighted by Gasteiger charge is -2.32. The number of H-pyrrole nitrogens is 1. The highest BCUT2D eigenvalue weighted by Crippen LogP contribution is 2.19. The lowest BCUT2D eigenvalue weighted by atomic mass is 9.96. The van der Waals surface area contributed by atoms with Crippen molar-refractivity contribution < 1.29 is 0 Å². The van der Waals surface area contributed by atoms with Crippen molar-refractivity contribution in [3.05, 3.63) is 27.7 Å². The van der Waals surface area contributed by atoms with Crippen molar-refractivity contribution >= 4 is 12.4 Å². The van der Waals surface area contributed by atoms with Crippen LogP contribution in [0.15, 0.2) is 10.9 Å². The largest absolute Gasteiger partial charge is 0.317 e. The summed E-state index contributed by atoms with van der Waals surface area (Å²) in [7, 11) is 0. The molecule has 1 aromatic heterocycles. The van der Waals surface area contributed by atoms with Crippen molar-refractivity contribution in [1.29, 1.82) is 0 Å². The maximum absolute atomic E-state index is 11.3. The fraction of sp³-hybridized carbons (Fsp3) is 0.692. The molecule has 1 aromatic rings. The van der Waals surface area contributed by atoms with Gasteiger partial charge in [0, 0.05) is 32.1 Å². The molecular weight excluding hydrogens is 264 g/mol. The Labute approximate surface area is 119 Å². The Kier molecular flexibility index (Phi) is 4.96. The van der Waals surface area contributed by atoms with Crippen molar-refractivity contribution in [2.24, 2.45) is 5.92 Å². The maximum atomic E-state index is 11.3. The second-order valence-corrected chi connectivity index (χ2v) is 5.38. The van der Waals surface area contributed by atoms with Crippen LogP contribution in [0.2, 0.25) is 0 Å². The highest BCUT2D eigenvalue weighted by atomic mass is 35.5. The number of halogens is 1. The molecule has 0 atom stereocenters. The average Bonchev–Trinajstić information content (AvgIpc) is 2.39. The van der Waals surface area contributed by atoms with E-state index < -0.39 is 0 Å². The van der Waals surface area contributed by atoms with E-state index in [0.717, 1.165) is 56.3 Å². The molecular formula is C13H21ClN4O. The van der Waals surface area contributed by atoms with Crippen LogP contribution in [0.3, 0.4) is 0 Å². The van der Waals surface area contributed by atoms with Crippen LogP contribution in [-0.4, -0.2) is 41.3 Å². The molecule has 2 N–H and O–H groups in total. The highest BCUT2D eigenvalue weighted by molar-refractivity contribution is 5.85. The topological polar surface area (TPSA) is 61.0 Å². The molecule has 6 heteroatoms. The highest BCUT2D eigenvalue weighted by Gasteiger charge is 2.21. The number of aromatic amines is 1. The average molecular weight is 285 g/mol. The van der Waals surface area contributed by atoms with Gasteiger partial charge in [-0.15, -0.1) is 12.4 Å². The van der Waals surface area contributed by atoms with Crippen molar-refractivity contribution in [1.82, 2.24) is 20.4 Å². The number of nitrogens with one attached hydrogen (secondary N) is 2. The molecule has 0 aliphatic carbocycles. The van der Waals surface area contributed by atoms with Gasteiger partial charge in [-0.3, -0.25) is 9.69 Å². The SMILES string of the molecule is Cl.O=c1cc2c(n[nH]1)CCN(CC1CCNCC1)C2. The molecule has 0 unspecified atom stereocenters. The number of fused-ring (bicyclic) bond motifs is 1. The van der Waals surface area contributed by atoms with Crippen LogP contribution in [0.5, 0.6) is 0 Å². The lowest BCUT2D eigenvalue weighted by molar-refractivity contribution is 0.189. The van der Waals surface area contributed by atoms with Gasteiger partial charge in [-0.1, -0.05) is 0 Å². The minimum Gasteiger partial charge on any atom is -0.317 e. The number of rotatable bonds is 2. The second-order valence-electron chi connectivity index (χ2n) is 5.38. The van der Waals surface area contributed by atoms with Gasteiger partial charge < -0.3 is 5.32 Å². The first-order valence-corrected chi connectivity index (χ1v) is 6.82. The second kappa shape index (κ2) is 6.50. The Bertz CT molecular complexity index is 470. The summed E-state index contributed by atoms with van der Waals surface area (Å²) in [6, 6.07) is 1.71. The third kappa shape index (κ3) is 3.55. The van der Waals surface area contributed by atoms with Gasteiger partial charge in [0.1, 0.15) is 0 Å². The molecule has 3 heterocycles. The van der Waals surface area contributed by atoms with E-state index in [2.05, 4.69) is 20.4 Å². The quantitative estimate of drug-likeness (QED) is 0.833. The standard InChI is InChI=1S/C13H20N4O.ClH/c18-13-7-11-9-17(6-3-12(11)15-16-13)8-10-1-4-14-5-2-10;/h7,10,14H,1-6,8-9H2,(H,16,18);1H. The molecule has 2 aliphatic heterocycles. The normalized spacial score (nSPS) is 20.6. The van der Waals surface area contributed by atoms with Crippen LogP contribution in [-0.2, 0) is 13.0 Å². The lowest BCUT2D eigenvalue weighted by Crippen LogP contribution is -2.39. The molecule has 0 aromatic carbocycles. The van der Waals surface area contributed by atoms with E-state index in [1.54, 1.807) is 6.07 Å². The van der Waals surface area contributed by atoms with Gasteiger partial charge in [0.25, 0.3) is 5.56 Å². The van der Waals surface area contributed by atoms with Crippen molar-refractivity contribution in [3.63, 3.8) is 0 Å². The fourth-order valence-corrected chi connectivity index (χ4v) is 2.99. The third-order valence-corrected chi connectivity index (χ3v) is 4.01. The first kappa shape index (κ1) is 14.5. The minimum absolute atomic E-state index is 0. The summed E-state index contributed by atoms with van der Waals surface area (Å²) in [6.45, 7) is 5.41. The molecule has 0 spiro atoms. The van der Waals surface area contributed by atoms with E-state index in [1.165, 1.54) is 12.8 Å². The Balaban J connectivity index is 0.00000133. The number of piperidine rings is 1. The van der Waals surface area contributed by atoms with Crippen LogP contribution < -0.4 is 10.9 Å². The molecule has 0 saturated carbocycles. The van der Waals surface area contributed by atoms with Gasteiger partial charge in [0.05, 0.1) is 5.69 Å². The van der Waals surface area contributed by atoms with Crippen molar-refractivity contribution in [2.75, 3.05) is 26.2 Å². The van der Waals surface area contributed by atoms with Gasteiger partial charge in [-0.05, 0) is 37.4 Å². The van der Waals surface area contributed by atoms with E-state index >= 15 is 0 Å². The predicted octanol–water partition coefficient (Wildman–Crippen LogP) is 0.549. The summed E-state index contributed by atoms with van der Waals surface area (Å²) in [5.41, 5.74) is 2.09. The van der Waals surface area contributed by atoms with Crippen LogP contribution in [0.1, 0.15) is 24.1 Å². The van der Waals surface area contributed by atoms with Gasteiger partial charge in [0.2, 0.25) is 0 Å². The summed E-state index contributed by atoms with van der Waals surface area (Å²) in [6.07, 6.45) is 3.51. The summed E-state index contributed by atoms with van der Waals surface area (Å²) in [5.74, 6) is 0.808. The van der Waals surface area contributed by atoms with Crippen molar-refractivity contribution in [2.45, 2.75) is 25.8 Å². The minimum atomic E-state index is -0.0857. The van der Waals surface area contributed by atoms with Crippen molar-refractivity contribution in [3.8, 4) is 0 Å². The van der Waals surface area contributed by atoms with Gasteiger partial charge in [-0.25, -0.2) is 5.10 Å². The fourth-order valence-electron chi connectivity index (χ4n) is 2.99. The molecule has 1 saturated heterocycles. The monoisotopic (exact) mass is 284 g/mol. The van der Waals surface area contributed by atoms with Crippen LogP contribution in [0.25, 0.3) is 0 Å². The zero-order valence-corrected chi connectivity index (χ0v) is 11.8. The third-order valence-electron chi connectivity index (χ3n) is 4.01. The number of aromatic nitrogens is 2. The van der Waals surface area contributed by atoms with E-state index in [1.807, 2.05) is 0 Å². The summed E-state index contributed by atoms with van der Waals surface area (Å²) in [5, 5.41) is 10.1. The van der Waals surface area contributed by atoms with E-state index in [0.29, 0.717) is 0 Å². The Morgan fingerprint density at radius 2 is 2.16 bits per heavy atom. The molecule has 106 valence electrons. The molecule has 0 radical (unpaired) electrons. The van der Waals surface area contributed by atoms with Gasteiger partial charge >= 0.3 is 0 Å². The number of nitrogens with zero attached hydrogens (tertiary/aromatic N) is 2. The first-order valence-electron chi connectivity index (χ1n) is 6.82. The molecule has 3 rings (SSSR count). The molecule has 2 aliphatic rings. The molecule has 0 amide bonds. The van der Waals surface area contributed by atoms with Crippen LogP contribution in [0, 0.1) is 5.92 Å². The number of hydrogen-bond donors (Lipinski definition) is 2. The van der Waals surface area contributed by atoms with Gasteiger partial charge in [-0.2, -0.15) is 5.10 Å². The van der Waals surface area contributed by atoms with E-state index in [-0.39, 0.29) is 18.0 Å². The zero-order chi connectivity index (χ0) is 12.4. The van der Waals surface area contributed by atoms with E-state index in [4.69, 9.17) is 0 Å². The molecule has 19 heavy (non-hydrogen) atoms.